The van der Waals surface area contributed by atoms with Crippen molar-refractivity contribution in [3.63, 3.8) is 0 Å². The minimum Gasteiger partial charge on any atom is -0.312 e. The van der Waals surface area contributed by atoms with Crippen molar-refractivity contribution in [2.24, 2.45) is 0 Å². The molecule has 0 aliphatic carbocycles. The summed E-state index contributed by atoms with van der Waals surface area (Å²) in [6, 6.07) is 0.0255. The zero-order chi connectivity index (χ0) is 7.84. The smallest absolute Gasteiger partial charge is 0.312 e. The van der Waals surface area contributed by atoms with Gasteiger partial charge in [0.15, 0.2) is 0 Å². The molecule has 0 saturated carbocycles. The van der Waals surface area contributed by atoms with Gasteiger partial charge in [-0.05, 0) is 0 Å². The second-order valence-corrected chi connectivity index (χ2v) is 2.54. The van der Waals surface area contributed by atoms with Gasteiger partial charge in [-0.15, -0.1) is 0 Å². The molecule has 0 aromatic carbocycles. The Bertz CT molecular complexity index is 328. The Morgan fingerprint density at radius 3 is 2.09 bits per heavy atom. The van der Waals surface area contributed by atoms with Crippen LogP contribution in [0.4, 0.5) is 0 Å². The van der Waals surface area contributed by atoms with Crippen LogP contribution in [0, 0.1) is 0 Å². The Balaban J connectivity index is 2.49. The molecule has 0 bridgehead atoms. The summed E-state index contributed by atoms with van der Waals surface area (Å²) >= 11 is 0. The molecule has 0 atom stereocenters. The van der Waals surface area contributed by atoms with E-state index in [1.165, 1.54) is 4.57 Å². The number of hydrogen-bond acceptors (Lipinski definition) is 3. The first-order chi connectivity index (χ1) is 5.29. The molecule has 1 saturated heterocycles. The van der Waals surface area contributed by atoms with Gasteiger partial charge in [-0.2, -0.15) is 0 Å². The van der Waals surface area contributed by atoms with Crippen LogP contribution in [0.15, 0.2) is 9.59 Å². The average Bonchev–Trinajstić information content (AvgIpc) is 2.15. The first-order valence-corrected chi connectivity index (χ1v) is 3.39. The molecule has 0 radical (unpaired) electrons. The summed E-state index contributed by atoms with van der Waals surface area (Å²) in [6.45, 7) is 1.39. The van der Waals surface area contributed by atoms with E-state index in [0.717, 1.165) is 0 Å². The van der Waals surface area contributed by atoms with Crippen molar-refractivity contribution >= 4 is 0 Å². The number of hydrogen-bond donors (Lipinski definition) is 3. The van der Waals surface area contributed by atoms with Gasteiger partial charge >= 0.3 is 11.4 Å². The molecule has 6 nitrogen and oxygen atoms in total. The molecule has 1 fully saturated rings. The minimum atomic E-state index is -0.360. The van der Waals surface area contributed by atoms with E-state index in [1.807, 2.05) is 0 Å². The summed E-state index contributed by atoms with van der Waals surface area (Å²) in [7, 11) is 0. The fourth-order valence-electron chi connectivity index (χ4n) is 1.11. The lowest BCUT2D eigenvalue weighted by atomic mass is 10.2. The highest BCUT2D eigenvalue weighted by Crippen LogP contribution is 2.03. The van der Waals surface area contributed by atoms with E-state index in [4.69, 9.17) is 0 Å². The lowest BCUT2D eigenvalue weighted by Gasteiger charge is -2.26. The molecular weight excluding hydrogens is 148 g/mol. The van der Waals surface area contributed by atoms with Crippen LogP contribution >= 0.6 is 0 Å². The van der Waals surface area contributed by atoms with Crippen molar-refractivity contribution in [2.45, 2.75) is 6.04 Å². The Kier molecular flexibility index (Phi) is 1.22. The standard InChI is InChI=1S/C5H8N4O2/c10-4-7-8-5(11)9(4)3-1-6-2-3/h3,6H,1-2H2,(H,7,10)(H,8,11). The van der Waals surface area contributed by atoms with Crippen LogP contribution in [-0.2, 0) is 0 Å². The van der Waals surface area contributed by atoms with Crippen LogP contribution in [0.25, 0.3) is 0 Å². The second-order valence-electron chi connectivity index (χ2n) is 2.54. The zero-order valence-electron chi connectivity index (χ0n) is 5.76. The molecule has 60 valence electrons. The van der Waals surface area contributed by atoms with Gasteiger partial charge in [-0.1, -0.05) is 0 Å². The Morgan fingerprint density at radius 2 is 1.73 bits per heavy atom. The van der Waals surface area contributed by atoms with E-state index in [9.17, 15) is 9.59 Å². The van der Waals surface area contributed by atoms with Gasteiger partial charge < -0.3 is 5.32 Å². The fraction of sp³-hybridized carbons (Fsp3) is 0.600. The first kappa shape index (κ1) is 6.41. The predicted octanol–water partition coefficient (Wildman–Crippen LogP) is -1.99. The molecule has 1 aromatic heterocycles. The Hall–Kier alpha value is -1.30. The van der Waals surface area contributed by atoms with Crippen LogP contribution in [0.3, 0.4) is 0 Å². The molecule has 1 aliphatic rings. The van der Waals surface area contributed by atoms with Crippen LogP contribution < -0.4 is 16.7 Å². The van der Waals surface area contributed by atoms with Gasteiger partial charge in [0.1, 0.15) is 0 Å². The van der Waals surface area contributed by atoms with Crippen LogP contribution in [-0.4, -0.2) is 27.9 Å². The maximum atomic E-state index is 10.9. The van der Waals surface area contributed by atoms with E-state index in [-0.39, 0.29) is 17.4 Å². The number of nitrogens with one attached hydrogen (secondary N) is 3. The Morgan fingerprint density at radius 1 is 1.18 bits per heavy atom. The molecule has 3 N–H and O–H groups in total. The highest BCUT2D eigenvalue weighted by Gasteiger charge is 2.22. The molecule has 2 heterocycles. The number of H-pyrrole nitrogens is 2. The highest BCUT2D eigenvalue weighted by atomic mass is 16.2. The van der Waals surface area contributed by atoms with Crippen molar-refractivity contribution in [2.75, 3.05) is 13.1 Å². The lowest BCUT2D eigenvalue weighted by Crippen LogP contribution is -2.49. The van der Waals surface area contributed by atoms with Crippen molar-refractivity contribution in [3.05, 3.63) is 21.0 Å². The van der Waals surface area contributed by atoms with E-state index in [0.29, 0.717) is 13.1 Å². The van der Waals surface area contributed by atoms with E-state index in [2.05, 4.69) is 15.5 Å². The normalized spacial score (nSPS) is 18.2. The van der Waals surface area contributed by atoms with Crippen molar-refractivity contribution < 1.29 is 0 Å². The highest BCUT2D eigenvalue weighted by molar-refractivity contribution is 4.84. The van der Waals surface area contributed by atoms with Gasteiger partial charge in [0, 0.05) is 13.1 Å². The summed E-state index contributed by atoms with van der Waals surface area (Å²) in [6.07, 6.45) is 0. The summed E-state index contributed by atoms with van der Waals surface area (Å²) < 4.78 is 1.19. The second kappa shape index (κ2) is 2.09. The van der Waals surface area contributed by atoms with Crippen molar-refractivity contribution in [1.82, 2.24) is 20.1 Å². The fourth-order valence-corrected chi connectivity index (χ4v) is 1.11. The van der Waals surface area contributed by atoms with Gasteiger partial charge in [0.2, 0.25) is 0 Å². The monoisotopic (exact) mass is 156 g/mol. The van der Waals surface area contributed by atoms with Crippen LogP contribution in [0.2, 0.25) is 0 Å². The molecular formula is C5H8N4O2. The largest absolute Gasteiger partial charge is 0.344 e. The summed E-state index contributed by atoms with van der Waals surface area (Å²) in [4.78, 5) is 21.8. The Labute approximate surface area is 61.2 Å². The number of nitrogens with zero attached hydrogens (tertiary/aromatic N) is 1. The van der Waals surface area contributed by atoms with Gasteiger partial charge in [0.25, 0.3) is 0 Å². The SMILES string of the molecule is O=c1[nH][nH]c(=O)n1C1CNC1. The molecule has 11 heavy (non-hydrogen) atoms. The molecule has 1 aliphatic heterocycles. The molecule has 6 heteroatoms. The van der Waals surface area contributed by atoms with Gasteiger partial charge in [-0.25, -0.2) is 24.4 Å². The van der Waals surface area contributed by atoms with Crippen molar-refractivity contribution in [1.29, 1.82) is 0 Å². The van der Waals surface area contributed by atoms with Gasteiger partial charge in [0.05, 0.1) is 6.04 Å². The summed E-state index contributed by atoms with van der Waals surface area (Å²) in [5, 5.41) is 7.43. The predicted molar refractivity (Wildman–Crippen MR) is 37.6 cm³/mol. The molecule has 0 amide bonds. The molecule has 1 aromatic rings. The number of rotatable bonds is 1. The van der Waals surface area contributed by atoms with Crippen LogP contribution in [0.5, 0.6) is 0 Å². The van der Waals surface area contributed by atoms with Crippen molar-refractivity contribution in [3.8, 4) is 0 Å². The quantitative estimate of drug-likeness (QED) is 0.440. The first-order valence-electron chi connectivity index (χ1n) is 3.39. The number of aromatic nitrogens is 3. The van der Waals surface area contributed by atoms with Gasteiger partial charge in [-0.3, -0.25) is 0 Å². The van der Waals surface area contributed by atoms with E-state index in [1.54, 1.807) is 0 Å². The lowest BCUT2D eigenvalue weighted by molar-refractivity contribution is 0.330. The zero-order valence-corrected chi connectivity index (χ0v) is 5.76. The third-order valence-corrected chi connectivity index (χ3v) is 1.84. The molecule has 2 rings (SSSR count). The average molecular weight is 156 g/mol. The molecule has 0 spiro atoms. The third kappa shape index (κ3) is 0.829. The van der Waals surface area contributed by atoms with E-state index >= 15 is 0 Å². The maximum Gasteiger partial charge on any atom is 0.344 e. The van der Waals surface area contributed by atoms with E-state index < -0.39 is 0 Å². The van der Waals surface area contributed by atoms with Crippen LogP contribution in [0.1, 0.15) is 6.04 Å². The maximum absolute atomic E-state index is 10.9. The summed E-state index contributed by atoms with van der Waals surface area (Å²) in [5.74, 6) is 0. The third-order valence-electron chi connectivity index (χ3n) is 1.84. The summed E-state index contributed by atoms with van der Waals surface area (Å²) in [5.41, 5.74) is -0.719. The molecule has 0 unspecified atom stereocenters. The topological polar surface area (TPSA) is 82.7 Å². The number of aromatic amines is 2. The minimum absolute atomic E-state index is 0.0255.